The zero-order valence-electron chi connectivity index (χ0n) is 9.26. The Labute approximate surface area is 98.5 Å². The van der Waals surface area contributed by atoms with Crippen molar-refractivity contribution in [2.75, 3.05) is 5.75 Å². The van der Waals surface area contributed by atoms with E-state index in [4.69, 9.17) is 5.26 Å². The molecule has 0 fully saturated rings. The van der Waals surface area contributed by atoms with E-state index in [9.17, 15) is 8.78 Å². The van der Waals surface area contributed by atoms with Crippen LogP contribution < -0.4 is 0 Å². The molecule has 0 aliphatic rings. The Hall–Kier alpha value is -1.08. The lowest BCUT2D eigenvalue weighted by Gasteiger charge is -2.14. The number of rotatable bonds is 4. The largest absolute Gasteiger partial charge is 0.207 e. The van der Waals surface area contributed by atoms with Gasteiger partial charge in [0.25, 0.3) is 0 Å². The fourth-order valence-corrected chi connectivity index (χ4v) is 2.26. The van der Waals surface area contributed by atoms with Gasteiger partial charge >= 0.3 is 0 Å². The Bertz CT molecular complexity index is 410. The molecule has 1 rings (SSSR count). The molecule has 0 heterocycles. The zero-order chi connectivity index (χ0) is 12.2. The molecule has 0 bridgehead atoms. The predicted molar refractivity (Wildman–Crippen MR) is 61.1 cm³/mol. The van der Waals surface area contributed by atoms with Gasteiger partial charge in [-0.1, -0.05) is 0 Å². The van der Waals surface area contributed by atoms with Crippen LogP contribution in [0.5, 0.6) is 0 Å². The number of benzene rings is 1. The molecule has 16 heavy (non-hydrogen) atoms. The van der Waals surface area contributed by atoms with Crippen molar-refractivity contribution in [3.05, 3.63) is 29.8 Å². The minimum atomic E-state index is -0.570. The first-order valence-corrected chi connectivity index (χ1v) is 5.92. The summed E-state index contributed by atoms with van der Waals surface area (Å²) in [7, 11) is 0. The molecule has 0 aliphatic carbocycles. The van der Waals surface area contributed by atoms with Gasteiger partial charge in [-0.15, -0.1) is 11.8 Å². The van der Waals surface area contributed by atoms with Gasteiger partial charge in [0, 0.05) is 11.0 Å². The maximum absolute atomic E-state index is 13.2. The third-order valence-corrected chi connectivity index (χ3v) is 3.23. The van der Waals surface area contributed by atoms with Gasteiger partial charge < -0.3 is 0 Å². The summed E-state index contributed by atoms with van der Waals surface area (Å²) in [6.07, 6.45) is 0.672. The van der Waals surface area contributed by atoms with E-state index in [2.05, 4.69) is 6.07 Å². The fourth-order valence-electron chi connectivity index (χ4n) is 1.06. The van der Waals surface area contributed by atoms with Gasteiger partial charge in [-0.05, 0) is 38.2 Å². The van der Waals surface area contributed by atoms with Crippen LogP contribution >= 0.6 is 11.8 Å². The van der Waals surface area contributed by atoms with Crippen LogP contribution in [-0.2, 0) is 0 Å². The highest BCUT2D eigenvalue weighted by Gasteiger charge is 2.16. The molecule has 86 valence electrons. The maximum atomic E-state index is 13.2. The molecule has 0 radical (unpaired) electrons. The SMILES string of the molecule is CC(C)(C#N)CCSc1ccc(F)cc1F. The second kappa shape index (κ2) is 5.31. The molecule has 0 aliphatic heterocycles. The van der Waals surface area contributed by atoms with Crippen molar-refractivity contribution in [3.63, 3.8) is 0 Å². The Morgan fingerprint density at radius 1 is 1.38 bits per heavy atom. The molecule has 0 spiro atoms. The molecule has 1 aromatic rings. The fraction of sp³-hybridized carbons (Fsp3) is 0.417. The summed E-state index contributed by atoms with van der Waals surface area (Å²) in [5.74, 6) is -0.470. The maximum Gasteiger partial charge on any atom is 0.139 e. The molecule has 1 nitrogen and oxygen atoms in total. The van der Waals surface area contributed by atoms with Crippen molar-refractivity contribution in [1.29, 1.82) is 5.26 Å². The van der Waals surface area contributed by atoms with Gasteiger partial charge in [-0.3, -0.25) is 0 Å². The quantitative estimate of drug-likeness (QED) is 0.744. The molecule has 4 heteroatoms. The zero-order valence-corrected chi connectivity index (χ0v) is 10.1. The van der Waals surface area contributed by atoms with Crippen LogP contribution in [0.15, 0.2) is 23.1 Å². The topological polar surface area (TPSA) is 23.8 Å². The third kappa shape index (κ3) is 3.82. The average molecular weight is 241 g/mol. The summed E-state index contributed by atoms with van der Waals surface area (Å²) in [5.41, 5.74) is -0.399. The Balaban J connectivity index is 2.53. The number of nitrogens with zero attached hydrogens (tertiary/aromatic N) is 1. The standard InChI is InChI=1S/C12H13F2NS/c1-12(2,8-15)5-6-16-11-4-3-9(13)7-10(11)14/h3-4,7H,5-6H2,1-2H3. The lowest BCUT2D eigenvalue weighted by Crippen LogP contribution is -2.08. The van der Waals surface area contributed by atoms with E-state index in [1.54, 1.807) is 0 Å². The summed E-state index contributed by atoms with van der Waals surface area (Å²) >= 11 is 1.31. The highest BCUT2D eigenvalue weighted by atomic mass is 32.2. The van der Waals surface area contributed by atoms with Gasteiger partial charge in [-0.25, -0.2) is 8.78 Å². The first-order chi connectivity index (χ1) is 7.44. The summed E-state index contributed by atoms with van der Waals surface area (Å²) in [6.45, 7) is 3.68. The van der Waals surface area contributed by atoms with Crippen LogP contribution in [0, 0.1) is 28.4 Å². The van der Waals surface area contributed by atoms with E-state index in [0.29, 0.717) is 17.1 Å². The highest BCUT2D eigenvalue weighted by Crippen LogP contribution is 2.27. The lowest BCUT2D eigenvalue weighted by atomic mass is 9.93. The normalized spacial score (nSPS) is 11.2. The summed E-state index contributed by atoms with van der Waals surface area (Å²) < 4.78 is 25.8. The minimum absolute atomic E-state index is 0.399. The molecule has 1 aromatic carbocycles. The predicted octanol–water partition coefficient (Wildman–Crippen LogP) is 4.00. The number of halogens is 2. The molecule has 0 unspecified atom stereocenters. The van der Waals surface area contributed by atoms with Crippen LogP contribution in [0.25, 0.3) is 0 Å². The van der Waals surface area contributed by atoms with Crippen molar-refractivity contribution < 1.29 is 8.78 Å². The van der Waals surface area contributed by atoms with Gasteiger partial charge in [0.15, 0.2) is 0 Å². The monoisotopic (exact) mass is 241 g/mol. The van der Waals surface area contributed by atoms with E-state index in [-0.39, 0.29) is 0 Å². The van der Waals surface area contributed by atoms with Crippen LogP contribution in [-0.4, -0.2) is 5.75 Å². The molecular weight excluding hydrogens is 228 g/mol. The van der Waals surface area contributed by atoms with Crippen molar-refractivity contribution >= 4 is 11.8 Å². The molecule has 0 amide bonds. The van der Waals surface area contributed by atoms with E-state index in [0.717, 1.165) is 6.07 Å². The van der Waals surface area contributed by atoms with Crippen molar-refractivity contribution in [1.82, 2.24) is 0 Å². The number of hydrogen-bond acceptors (Lipinski definition) is 2. The molecule has 0 saturated carbocycles. The van der Waals surface area contributed by atoms with Gasteiger partial charge in [0.05, 0.1) is 11.5 Å². The second-order valence-electron chi connectivity index (χ2n) is 4.17. The van der Waals surface area contributed by atoms with Crippen LogP contribution in [0.1, 0.15) is 20.3 Å². The van der Waals surface area contributed by atoms with Crippen molar-refractivity contribution in [2.24, 2.45) is 5.41 Å². The van der Waals surface area contributed by atoms with Crippen molar-refractivity contribution in [3.8, 4) is 6.07 Å². The Kier molecular flexibility index (Phi) is 4.31. The van der Waals surface area contributed by atoms with E-state index < -0.39 is 17.0 Å². The van der Waals surface area contributed by atoms with Crippen molar-refractivity contribution in [2.45, 2.75) is 25.2 Å². The second-order valence-corrected chi connectivity index (χ2v) is 5.31. The third-order valence-electron chi connectivity index (χ3n) is 2.18. The van der Waals surface area contributed by atoms with Gasteiger partial charge in [0.1, 0.15) is 11.6 Å². The molecule has 0 aromatic heterocycles. The smallest absolute Gasteiger partial charge is 0.139 e. The minimum Gasteiger partial charge on any atom is -0.207 e. The van der Waals surface area contributed by atoms with Gasteiger partial charge in [-0.2, -0.15) is 5.26 Å². The summed E-state index contributed by atoms with van der Waals surface area (Å²) in [6, 6.07) is 5.72. The number of hydrogen-bond donors (Lipinski definition) is 0. The van der Waals surface area contributed by atoms with Crippen LogP contribution in [0.3, 0.4) is 0 Å². The molecule has 0 atom stereocenters. The average Bonchev–Trinajstić information content (AvgIpc) is 2.21. The summed E-state index contributed by atoms with van der Waals surface area (Å²) in [5, 5.41) is 8.80. The van der Waals surface area contributed by atoms with Crippen LogP contribution in [0.2, 0.25) is 0 Å². The van der Waals surface area contributed by atoms with E-state index in [1.807, 2.05) is 13.8 Å². The first kappa shape index (κ1) is 13.0. The molecule has 0 saturated heterocycles. The van der Waals surface area contributed by atoms with Crippen LogP contribution in [0.4, 0.5) is 8.78 Å². The first-order valence-electron chi connectivity index (χ1n) is 4.94. The van der Waals surface area contributed by atoms with E-state index in [1.165, 1.54) is 23.9 Å². The Morgan fingerprint density at radius 2 is 2.06 bits per heavy atom. The highest BCUT2D eigenvalue weighted by molar-refractivity contribution is 7.99. The molecule has 0 N–H and O–H groups in total. The molecular formula is C12H13F2NS. The lowest BCUT2D eigenvalue weighted by molar-refractivity contribution is 0.481. The number of nitriles is 1. The number of thioether (sulfide) groups is 1. The van der Waals surface area contributed by atoms with Gasteiger partial charge in [0.2, 0.25) is 0 Å². The summed E-state index contributed by atoms with van der Waals surface area (Å²) in [4.78, 5) is 0.426. The van der Waals surface area contributed by atoms with E-state index >= 15 is 0 Å². The Morgan fingerprint density at radius 3 is 2.62 bits per heavy atom.